The average molecular weight is 710 g/mol. The Morgan fingerprint density at radius 2 is 1.57 bits per heavy atom. The highest BCUT2D eigenvalue weighted by molar-refractivity contribution is 6.38. The van der Waals surface area contributed by atoms with Crippen LogP contribution in [0.4, 0.5) is 4.79 Å². The Labute approximate surface area is 303 Å². The van der Waals surface area contributed by atoms with Gasteiger partial charge in [-0.15, -0.1) is 6.58 Å². The number of likely N-dealkylation sites (tertiary alicyclic amines) is 1. The van der Waals surface area contributed by atoms with Crippen LogP contribution in [0, 0.1) is 23.2 Å². The Hall–Kier alpha value is -4.22. The molecule has 1 aromatic carbocycles. The summed E-state index contributed by atoms with van der Waals surface area (Å²) in [5.41, 5.74) is 0.673. The van der Waals surface area contributed by atoms with Crippen molar-refractivity contribution >= 4 is 35.5 Å². The van der Waals surface area contributed by atoms with E-state index in [1.54, 1.807) is 20.8 Å². The summed E-state index contributed by atoms with van der Waals surface area (Å²) in [6, 6.07) is 3.15. The van der Waals surface area contributed by atoms with Crippen molar-refractivity contribution in [2.75, 3.05) is 13.1 Å². The first-order valence-corrected chi connectivity index (χ1v) is 18.2. The first-order chi connectivity index (χ1) is 23.8. The van der Waals surface area contributed by atoms with Crippen LogP contribution in [0.5, 0.6) is 0 Å². The zero-order valence-corrected chi connectivity index (χ0v) is 31.9. The third-order valence-corrected chi connectivity index (χ3v) is 9.58. The number of esters is 1. The van der Waals surface area contributed by atoms with Crippen molar-refractivity contribution < 1.29 is 33.5 Å². The molecule has 1 saturated heterocycles. The van der Waals surface area contributed by atoms with Gasteiger partial charge >= 0.3 is 12.0 Å². The molecule has 0 spiro atoms. The second-order valence-electron chi connectivity index (χ2n) is 16.3. The molecule has 0 aromatic heterocycles. The minimum atomic E-state index is -1.07. The largest absolute Gasteiger partial charge is 0.458 e. The predicted octanol–water partition coefficient (Wildman–Crippen LogP) is 3.85. The molecule has 12 heteroatoms. The zero-order chi connectivity index (χ0) is 38.3. The number of rotatable bonds is 14. The molecule has 2 aliphatic rings. The third kappa shape index (κ3) is 10.9. The van der Waals surface area contributed by atoms with Crippen LogP contribution >= 0.6 is 0 Å². The quantitative estimate of drug-likeness (QED) is 0.130. The van der Waals surface area contributed by atoms with Gasteiger partial charge in [0.2, 0.25) is 17.6 Å². The van der Waals surface area contributed by atoms with E-state index in [0.29, 0.717) is 25.7 Å². The van der Waals surface area contributed by atoms with Gasteiger partial charge in [0, 0.05) is 13.1 Å². The molecule has 5 atom stereocenters. The highest BCUT2D eigenvalue weighted by atomic mass is 16.6. The Bertz CT molecular complexity index is 1440. The van der Waals surface area contributed by atoms with Crippen molar-refractivity contribution in [3.05, 3.63) is 48.0 Å². The second kappa shape index (κ2) is 17.3. The van der Waals surface area contributed by atoms with Crippen molar-refractivity contribution in [3.8, 4) is 0 Å². The molecule has 0 bridgehead atoms. The van der Waals surface area contributed by atoms with E-state index in [0.717, 1.165) is 11.1 Å². The SMILES string of the molecule is C=CCNC(=O)C(=O)C(CCC)NC(=O)[C@@H]1[C@@H](C(C)C)CCN1C(=O)[C@@H](NC(=O)N[C@H](C(=O)OC(C)(C)C)C(C)(C)C)C1Cc2ccccc2C1. The summed E-state index contributed by atoms with van der Waals surface area (Å²) in [7, 11) is 0. The van der Waals surface area contributed by atoms with Crippen LogP contribution in [0.25, 0.3) is 0 Å². The first kappa shape index (κ1) is 41.2. The Morgan fingerprint density at radius 3 is 2.08 bits per heavy atom. The minimum absolute atomic E-state index is 0.0154. The molecule has 1 heterocycles. The number of hydrogen-bond acceptors (Lipinski definition) is 7. The number of ketones is 1. The van der Waals surface area contributed by atoms with Gasteiger partial charge in [0.05, 0.1) is 6.04 Å². The zero-order valence-electron chi connectivity index (χ0n) is 31.9. The van der Waals surface area contributed by atoms with Gasteiger partial charge in [-0.1, -0.05) is 78.3 Å². The van der Waals surface area contributed by atoms with Crippen LogP contribution in [0.2, 0.25) is 0 Å². The lowest BCUT2D eigenvalue weighted by Gasteiger charge is -2.35. The van der Waals surface area contributed by atoms with E-state index in [9.17, 15) is 28.8 Å². The van der Waals surface area contributed by atoms with Crippen LogP contribution in [0.15, 0.2) is 36.9 Å². The summed E-state index contributed by atoms with van der Waals surface area (Å²) in [6.07, 6.45) is 3.86. The minimum Gasteiger partial charge on any atom is -0.458 e. The van der Waals surface area contributed by atoms with Crippen molar-refractivity contribution in [1.29, 1.82) is 0 Å². The molecule has 0 saturated carbocycles. The van der Waals surface area contributed by atoms with Crippen LogP contribution in [0.1, 0.15) is 92.7 Å². The maximum atomic E-state index is 14.7. The van der Waals surface area contributed by atoms with Crippen LogP contribution in [0.3, 0.4) is 0 Å². The van der Waals surface area contributed by atoms with Crippen LogP contribution in [-0.2, 0) is 41.6 Å². The number of nitrogens with zero attached hydrogens (tertiary/aromatic N) is 1. The third-order valence-electron chi connectivity index (χ3n) is 9.58. The first-order valence-electron chi connectivity index (χ1n) is 18.2. The van der Waals surface area contributed by atoms with Crippen molar-refractivity contribution in [1.82, 2.24) is 26.2 Å². The lowest BCUT2D eigenvalue weighted by Crippen LogP contribution is -2.61. The van der Waals surface area contributed by atoms with E-state index >= 15 is 0 Å². The number of hydrogen-bond donors (Lipinski definition) is 4. The van der Waals surface area contributed by atoms with Gasteiger partial charge in [0.15, 0.2) is 0 Å². The van der Waals surface area contributed by atoms with Gasteiger partial charge in [0.1, 0.15) is 23.7 Å². The van der Waals surface area contributed by atoms with Gasteiger partial charge in [-0.25, -0.2) is 9.59 Å². The highest BCUT2D eigenvalue weighted by Crippen LogP contribution is 2.35. The number of amides is 5. The monoisotopic (exact) mass is 709 g/mol. The average Bonchev–Trinajstić information content (AvgIpc) is 3.68. The standard InChI is InChI=1S/C39H59N5O7/c1-11-15-28(31(45)34(47)40-19-12-2)41-33(46)30-27(23(3)4)18-20-44(30)35(48)29(26-21-24-16-13-14-17-25(24)22-26)42-37(50)43-32(38(5,6)7)36(49)51-39(8,9)10/h12-14,16-17,23,26-30,32H,2,11,15,18-22H2,1,3-10H3,(H,40,47)(H,41,46)(H2,42,43,50)/t27-,28?,29+,30+,32-/m1/s1. The van der Waals surface area contributed by atoms with E-state index in [-0.39, 0.29) is 37.3 Å². The number of carbonyl (C=O) groups excluding carboxylic acids is 6. The van der Waals surface area contributed by atoms with Crippen molar-refractivity contribution in [2.24, 2.45) is 23.2 Å². The fourth-order valence-corrected chi connectivity index (χ4v) is 7.01. The fraction of sp³-hybridized carbons (Fsp3) is 0.641. The van der Waals surface area contributed by atoms with Gasteiger partial charge in [-0.3, -0.25) is 19.2 Å². The van der Waals surface area contributed by atoms with Crippen LogP contribution < -0.4 is 21.3 Å². The molecule has 1 unspecified atom stereocenters. The molecular formula is C39H59N5O7. The van der Waals surface area contributed by atoms with Gasteiger partial charge in [-0.05, 0) is 80.8 Å². The fourth-order valence-electron chi connectivity index (χ4n) is 7.01. The molecule has 0 radical (unpaired) electrons. The predicted molar refractivity (Wildman–Crippen MR) is 195 cm³/mol. The van der Waals surface area contributed by atoms with E-state index in [2.05, 4.69) is 27.8 Å². The normalized spacial score (nSPS) is 19.4. The number of Topliss-reactive ketones (excluding diaryl/α,β-unsaturated/α-hetero) is 1. The maximum absolute atomic E-state index is 14.7. The summed E-state index contributed by atoms with van der Waals surface area (Å²) in [5.74, 6) is -3.63. The molecule has 4 N–H and O–H groups in total. The summed E-state index contributed by atoms with van der Waals surface area (Å²) in [6.45, 7) is 20.5. The number of carbonyl (C=O) groups is 6. The number of nitrogens with one attached hydrogen (secondary N) is 4. The lowest BCUT2D eigenvalue weighted by molar-refractivity contribution is -0.160. The number of urea groups is 1. The van der Waals surface area contributed by atoms with Crippen LogP contribution in [-0.4, -0.2) is 83.3 Å². The maximum Gasteiger partial charge on any atom is 0.329 e. The summed E-state index contributed by atoms with van der Waals surface area (Å²) in [5, 5.41) is 11.0. The van der Waals surface area contributed by atoms with E-state index in [4.69, 9.17) is 4.74 Å². The highest BCUT2D eigenvalue weighted by Gasteiger charge is 2.48. The Kier molecular flexibility index (Phi) is 14.0. The molecule has 5 amide bonds. The topological polar surface area (TPSA) is 163 Å². The molecule has 51 heavy (non-hydrogen) atoms. The van der Waals surface area contributed by atoms with E-state index < -0.39 is 70.7 Å². The molecule has 3 rings (SSSR count). The number of fused-ring (bicyclic) bond motifs is 1. The molecule has 1 aromatic rings. The van der Waals surface area contributed by atoms with Gasteiger partial charge in [-0.2, -0.15) is 0 Å². The molecule has 1 aliphatic carbocycles. The molecule has 1 aliphatic heterocycles. The van der Waals surface area contributed by atoms with Crippen molar-refractivity contribution in [3.63, 3.8) is 0 Å². The summed E-state index contributed by atoms with van der Waals surface area (Å²) < 4.78 is 5.62. The van der Waals surface area contributed by atoms with E-state index in [1.165, 1.54) is 11.0 Å². The Balaban J connectivity index is 1.95. The molecule has 1 fully saturated rings. The summed E-state index contributed by atoms with van der Waals surface area (Å²) >= 11 is 0. The second-order valence-corrected chi connectivity index (χ2v) is 16.3. The summed E-state index contributed by atoms with van der Waals surface area (Å²) in [4.78, 5) is 83.1. The van der Waals surface area contributed by atoms with Crippen molar-refractivity contribution in [2.45, 2.75) is 124 Å². The smallest absolute Gasteiger partial charge is 0.329 e. The van der Waals surface area contributed by atoms with Gasteiger partial charge < -0.3 is 30.9 Å². The van der Waals surface area contributed by atoms with E-state index in [1.807, 2.05) is 65.8 Å². The van der Waals surface area contributed by atoms with Gasteiger partial charge in [0.25, 0.3) is 5.91 Å². The molecule has 282 valence electrons. The number of benzene rings is 1. The molecular weight excluding hydrogens is 650 g/mol. The Morgan fingerprint density at radius 1 is 0.961 bits per heavy atom. The number of ether oxygens (including phenoxy) is 1. The molecule has 12 nitrogen and oxygen atoms in total. The lowest BCUT2D eigenvalue weighted by atomic mass is 9.86.